The monoisotopic (exact) mass is 554 g/mol. The number of hydrogen-bond acceptors (Lipinski definition) is 7. The number of hydrogen-bond donors (Lipinski definition) is 3. The van der Waals surface area contributed by atoms with E-state index in [-0.39, 0.29) is 18.1 Å². The van der Waals surface area contributed by atoms with E-state index in [1.54, 1.807) is 61.2 Å². The number of likely N-dealkylation sites (tertiary alicyclic amines) is 1. The number of halogens is 1. The summed E-state index contributed by atoms with van der Waals surface area (Å²) in [5, 5.41) is 15.7. The first kappa shape index (κ1) is 27.9. The lowest BCUT2D eigenvalue weighted by molar-refractivity contribution is 0.0664. The Balaban J connectivity index is 1.49. The number of aliphatic hydroxyl groups excluding tert-OH is 1. The summed E-state index contributed by atoms with van der Waals surface area (Å²) in [4.78, 5) is 33.7. The van der Waals surface area contributed by atoms with Crippen molar-refractivity contribution in [3.8, 4) is 5.75 Å². The van der Waals surface area contributed by atoms with Crippen LogP contribution in [0.5, 0.6) is 5.75 Å². The van der Waals surface area contributed by atoms with E-state index in [9.17, 15) is 14.7 Å². The molecule has 2 aromatic carbocycles. The number of rotatable bonds is 9. The van der Waals surface area contributed by atoms with E-state index in [0.29, 0.717) is 39.9 Å². The molecule has 0 aliphatic carbocycles. The van der Waals surface area contributed by atoms with Gasteiger partial charge in [-0.15, -0.1) is 11.8 Å². The van der Waals surface area contributed by atoms with Gasteiger partial charge in [0.2, 0.25) is 0 Å². The fourth-order valence-electron chi connectivity index (χ4n) is 4.29. The molecule has 1 aliphatic heterocycles. The predicted molar refractivity (Wildman–Crippen MR) is 152 cm³/mol. The van der Waals surface area contributed by atoms with Gasteiger partial charge in [0.05, 0.1) is 27.9 Å². The van der Waals surface area contributed by atoms with Crippen LogP contribution in [0.3, 0.4) is 0 Å². The minimum absolute atomic E-state index is 0.0335. The Hall–Kier alpha value is -3.11. The van der Waals surface area contributed by atoms with Crippen LogP contribution in [0.4, 0.5) is 11.5 Å². The topological polar surface area (TPSA) is 104 Å². The van der Waals surface area contributed by atoms with Crippen molar-refractivity contribution >= 4 is 46.7 Å². The Labute approximate surface area is 231 Å². The second-order valence-corrected chi connectivity index (χ2v) is 10.5. The number of thioether (sulfide) groups is 1. The van der Waals surface area contributed by atoms with Crippen molar-refractivity contribution in [3.05, 3.63) is 76.9 Å². The van der Waals surface area contributed by atoms with Gasteiger partial charge in [-0.1, -0.05) is 23.7 Å². The average molecular weight is 555 g/mol. The van der Waals surface area contributed by atoms with Crippen LogP contribution in [0, 0.1) is 0 Å². The number of amides is 2. The highest BCUT2D eigenvalue weighted by Gasteiger charge is 2.24. The standard InChI is InChI=1S/C28H31ClN4O4S/c1-18(34)17-33-13-11-20(12-14-33)37-25-15-21(38-2)8-9-23(25)28(36)31-24-6-4-3-5-22(24)27(35)32-26-10-7-19(29)16-30-26/h3-10,15-16,18,20,34H,11-14,17H2,1-2H3,(H,31,36)(H,30,32,35). The zero-order valence-corrected chi connectivity index (χ0v) is 22.9. The molecule has 3 N–H and O–H groups in total. The van der Waals surface area contributed by atoms with E-state index in [1.807, 2.05) is 18.4 Å². The highest BCUT2D eigenvalue weighted by molar-refractivity contribution is 7.98. The average Bonchev–Trinajstić information content (AvgIpc) is 2.91. The van der Waals surface area contributed by atoms with Crippen LogP contribution in [0.15, 0.2) is 65.7 Å². The number of anilines is 2. The number of ether oxygens (including phenoxy) is 1. The number of carbonyl (C=O) groups is 2. The number of para-hydroxylation sites is 1. The fourth-order valence-corrected chi connectivity index (χ4v) is 4.83. The number of benzene rings is 2. The van der Waals surface area contributed by atoms with Crippen molar-refractivity contribution < 1.29 is 19.4 Å². The molecule has 1 saturated heterocycles. The normalized spacial score (nSPS) is 15.1. The number of pyridine rings is 1. The van der Waals surface area contributed by atoms with Gasteiger partial charge in [0, 0.05) is 30.7 Å². The number of β-amino-alcohol motifs (C(OH)–C–C–N with tert-alkyl or cyclic N) is 1. The van der Waals surface area contributed by atoms with E-state index in [0.717, 1.165) is 30.8 Å². The van der Waals surface area contributed by atoms with E-state index in [1.165, 1.54) is 6.20 Å². The van der Waals surface area contributed by atoms with Crippen molar-refractivity contribution in [1.29, 1.82) is 0 Å². The molecule has 1 atom stereocenters. The van der Waals surface area contributed by atoms with E-state index < -0.39 is 5.91 Å². The second-order valence-electron chi connectivity index (χ2n) is 9.14. The molecular formula is C28H31ClN4O4S. The zero-order valence-electron chi connectivity index (χ0n) is 21.3. The molecule has 2 amide bonds. The van der Waals surface area contributed by atoms with Crippen molar-refractivity contribution in [2.45, 2.75) is 36.9 Å². The summed E-state index contributed by atoms with van der Waals surface area (Å²) in [6.45, 7) is 4.08. The lowest BCUT2D eigenvalue weighted by Crippen LogP contribution is -2.41. The molecule has 1 fully saturated rings. The molecule has 8 nitrogen and oxygen atoms in total. The molecule has 1 unspecified atom stereocenters. The maximum atomic E-state index is 13.4. The lowest BCUT2D eigenvalue weighted by atomic mass is 10.1. The van der Waals surface area contributed by atoms with Gasteiger partial charge in [-0.05, 0) is 68.5 Å². The summed E-state index contributed by atoms with van der Waals surface area (Å²) in [5.74, 6) is 0.0805. The van der Waals surface area contributed by atoms with Crippen molar-refractivity contribution in [2.75, 3.05) is 36.5 Å². The summed E-state index contributed by atoms with van der Waals surface area (Å²) < 4.78 is 6.35. The second kappa shape index (κ2) is 13.1. The number of nitrogens with one attached hydrogen (secondary N) is 2. The SMILES string of the molecule is CSc1ccc(C(=O)Nc2ccccc2C(=O)Nc2ccc(Cl)cn2)c(OC2CCN(CC(C)O)CC2)c1. The number of aliphatic hydroxyl groups is 1. The Morgan fingerprint density at radius 2 is 1.84 bits per heavy atom. The zero-order chi connectivity index (χ0) is 27.1. The van der Waals surface area contributed by atoms with Crippen molar-refractivity contribution in [2.24, 2.45) is 0 Å². The minimum Gasteiger partial charge on any atom is -0.489 e. The first-order chi connectivity index (χ1) is 18.3. The molecule has 0 radical (unpaired) electrons. The Morgan fingerprint density at radius 3 is 2.53 bits per heavy atom. The number of carbonyl (C=O) groups excluding carboxylic acids is 2. The molecule has 2 heterocycles. The van der Waals surface area contributed by atoms with Gasteiger partial charge in [-0.3, -0.25) is 9.59 Å². The molecule has 10 heteroatoms. The molecule has 4 rings (SSSR count). The lowest BCUT2D eigenvalue weighted by Gasteiger charge is -2.33. The maximum Gasteiger partial charge on any atom is 0.259 e. The van der Waals surface area contributed by atoms with E-state index >= 15 is 0 Å². The van der Waals surface area contributed by atoms with Crippen molar-refractivity contribution in [3.63, 3.8) is 0 Å². The maximum absolute atomic E-state index is 13.4. The summed E-state index contributed by atoms with van der Waals surface area (Å²) in [5.41, 5.74) is 1.06. The van der Waals surface area contributed by atoms with Gasteiger partial charge in [-0.2, -0.15) is 0 Å². The summed E-state index contributed by atoms with van der Waals surface area (Å²) in [6, 6.07) is 15.5. The first-order valence-electron chi connectivity index (χ1n) is 12.4. The van der Waals surface area contributed by atoms with Gasteiger partial charge in [-0.25, -0.2) is 4.98 Å². The third-order valence-corrected chi connectivity index (χ3v) is 7.12. The molecular weight excluding hydrogens is 524 g/mol. The van der Waals surface area contributed by atoms with Crippen LogP contribution in [-0.4, -0.2) is 64.9 Å². The van der Waals surface area contributed by atoms with Gasteiger partial charge >= 0.3 is 0 Å². The van der Waals surface area contributed by atoms with E-state index in [2.05, 4.69) is 20.5 Å². The highest BCUT2D eigenvalue weighted by atomic mass is 35.5. The van der Waals surface area contributed by atoms with E-state index in [4.69, 9.17) is 16.3 Å². The molecule has 0 spiro atoms. The van der Waals surface area contributed by atoms with Crippen LogP contribution in [0.25, 0.3) is 0 Å². The van der Waals surface area contributed by atoms with Gasteiger partial charge in [0.15, 0.2) is 0 Å². The van der Waals surface area contributed by atoms with Gasteiger partial charge in [0.1, 0.15) is 17.7 Å². The van der Waals surface area contributed by atoms with Crippen LogP contribution < -0.4 is 15.4 Å². The minimum atomic E-state index is -0.408. The Morgan fingerprint density at radius 1 is 1.11 bits per heavy atom. The highest BCUT2D eigenvalue weighted by Crippen LogP contribution is 2.30. The third kappa shape index (κ3) is 7.48. The van der Waals surface area contributed by atoms with Gasteiger partial charge < -0.3 is 25.4 Å². The van der Waals surface area contributed by atoms with Crippen LogP contribution >= 0.6 is 23.4 Å². The number of piperidine rings is 1. The first-order valence-corrected chi connectivity index (χ1v) is 14.0. The molecule has 0 saturated carbocycles. The quantitative estimate of drug-likeness (QED) is 0.313. The van der Waals surface area contributed by atoms with Gasteiger partial charge in [0.25, 0.3) is 11.8 Å². The smallest absolute Gasteiger partial charge is 0.259 e. The van der Waals surface area contributed by atoms with Crippen LogP contribution in [-0.2, 0) is 0 Å². The summed E-state index contributed by atoms with van der Waals surface area (Å²) >= 11 is 7.45. The molecule has 38 heavy (non-hydrogen) atoms. The Kier molecular flexibility index (Phi) is 9.63. The van der Waals surface area contributed by atoms with Crippen molar-refractivity contribution in [1.82, 2.24) is 9.88 Å². The largest absolute Gasteiger partial charge is 0.489 e. The van der Waals surface area contributed by atoms with Crippen LogP contribution in [0.1, 0.15) is 40.5 Å². The fraction of sp³-hybridized carbons (Fsp3) is 0.321. The molecule has 0 bridgehead atoms. The molecule has 3 aromatic rings. The Bertz CT molecular complexity index is 1260. The molecule has 200 valence electrons. The number of aromatic nitrogens is 1. The number of nitrogens with zero attached hydrogens (tertiary/aromatic N) is 2. The third-order valence-electron chi connectivity index (χ3n) is 6.17. The molecule has 1 aliphatic rings. The summed E-state index contributed by atoms with van der Waals surface area (Å²) in [6.07, 6.45) is 4.62. The summed E-state index contributed by atoms with van der Waals surface area (Å²) in [7, 11) is 0. The molecule has 1 aromatic heterocycles. The predicted octanol–water partition coefficient (Wildman–Crippen LogP) is 5.19. The van der Waals surface area contributed by atoms with Crippen LogP contribution in [0.2, 0.25) is 5.02 Å².